The molecule has 20 heavy (non-hydrogen) atoms. The fourth-order valence-corrected chi connectivity index (χ4v) is 3.79. The van der Waals surface area contributed by atoms with Gasteiger partial charge in [-0.15, -0.1) is 0 Å². The Balaban J connectivity index is 1.52. The Morgan fingerprint density at radius 1 is 0.850 bits per heavy atom. The van der Waals surface area contributed by atoms with Crippen LogP contribution in [-0.4, -0.2) is 6.04 Å². The summed E-state index contributed by atoms with van der Waals surface area (Å²) in [6.07, 6.45) is 3.31. The summed E-state index contributed by atoms with van der Waals surface area (Å²) < 4.78 is 0. The van der Waals surface area contributed by atoms with Crippen molar-refractivity contribution < 1.29 is 0 Å². The number of rotatable bonds is 2. The van der Waals surface area contributed by atoms with E-state index in [-0.39, 0.29) is 6.04 Å². The molecule has 2 aliphatic carbocycles. The van der Waals surface area contributed by atoms with Gasteiger partial charge in [0.15, 0.2) is 0 Å². The van der Waals surface area contributed by atoms with Gasteiger partial charge in [0.25, 0.3) is 0 Å². The largest absolute Gasteiger partial charge is 0.324 e. The van der Waals surface area contributed by atoms with Gasteiger partial charge in [-0.2, -0.15) is 0 Å². The molecule has 3 N–H and O–H groups in total. The number of hydrogen-bond donors (Lipinski definition) is 2. The van der Waals surface area contributed by atoms with Gasteiger partial charge >= 0.3 is 0 Å². The number of nitrogens with two attached hydrogens (primary N) is 1. The SMILES string of the molecule is NC1CC(NC2Cc3ccccc3C2)c2ccccc21. The first-order chi connectivity index (χ1) is 9.81. The lowest BCUT2D eigenvalue weighted by Crippen LogP contribution is -2.32. The molecule has 2 aromatic carbocycles. The third-order valence-electron chi connectivity index (χ3n) is 4.75. The van der Waals surface area contributed by atoms with Gasteiger partial charge in [-0.05, 0) is 41.5 Å². The second kappa shape index (κ2) is 4.72. The third-order valence-corrected chi connectivity index (χ3v) is 4.75. The summed E-state index contributed by atoms with van der Waals surface area (Å²) in [6.45, 7) is 0. The maximum Gasteiger partial charge on any atom is 0.0344 e. The lowest BCUT2D eigenvalue weighted by molar-refractivity contribution is 0.427. The molecule has 0 aliphatic heterocycles. The molecule has 0 saturated carbocycles. The van der Waals surface area contributed by atoms with Crippen molar-refractivity contribution in [1.29, 1.82) is 0 Å². The first-order valence-electron chi connectivity index (χ1n) is 7.48. The Hall–Kier alpha value is -1.64. The van der Waals surface area contributed by atoms with Gasteiger partial charge in [0.1, 0.15) is 0 Å². The third kappa shape index (κ3) is 1.96. The van der Waals surface area contributed by atoms with E-state index in [4.69, 9.17) is 5.73 Å². The zero-order chi connectivity index (χ0) is 13.5. The molecule has 2 atom stereocenters. The van der Waals surface area contributed by atoms with E-state index in [0.717, 1.165) is 19.3 Å². The van der Waals surface area contributed by atoms with E-state index in [2.05, 4.69) is 53.8 Å². The van der Waals surface area contributed by atoms with Crippen LogP contribution in [0.3, 0.4) is 0 Å². The Bertz CT molecular complexity index is 610. The molecule has 0 bridgehead atoms. The van der Waals surface area contributed by atoms with Crippen LogP contribution >= 0.6 is 0 Å². The van der Waals surface area contributed by atoms with Crippen molar-refractivity contribution >= 4 is 0 Å². The van der Waals surface area contributed by atoms with E-state index < -0.39 is 0 Å². The predicted octanol–water partition coefficient (Wildman–Crippen LogP) is 2.89. The van der Waals surface area contributed by atoms with Crippen LogP contribution in [-0.2, 0) is 12.8 Å². The van der Waals surface area contributed by atoms with Crippen LogP contribution in [0.4, 0.5) is 0 Å². The van der Waals surface area contributed by atoms with Gasteiger partial charge in [-0.25, -0.2) is 0 Å². The van der Waals surface area contributed by atoms with Gasteiger partial charge in [0, 0.05) is 18.1 Å². The van der Waals surface area contributed by atoms with Crippen LogP contribution in [0.1, 0.15) is 40.8 Å². The molecule has 4 rings (SSSR count). The zero-order valence-electron chi connectivity index (χ0n) is 11.5. The smallest absolute Gasteiger partial charge is 0.0344 e. The van der Waals surface area contributed by atoms with Crippen molar-refractivity contribution in [1.82, 2.24) is 5.32 Å². The standard InChI is InChI=1S/C18H20N2/c19-17-11-18(16-8-4-3-7-15(16)17)20-14-9-12-5-1-2-6-13(12)10-14/h1-8,14,17-18,20H,9-11,19H2. The average molecular weight is 264 g/mol. The van der Waals surface area contributed by atoms with E-state index in [1.165, 1.54) is 22.3 Å². The lowest BCUT2D eigenvalue weighted by Gasteiger charge is -2.19. The van der Waals surface area contributed by atoms with Crippen molar-refractivity contribution in [3.8, 4) is 0 Å². The Morgan fingerprint density at radius 2 is 1.45 bits per heavy atom. The van der Waals surface area contributed by atoms with E-state index in [1.807, 2.05) is 0 Å². The predicted molar refractivity (Wildman–Crippen MR) is 81.5 cm³/mol. The first-order valence-corrected chi connectivity index (χ1v) is 7.48. The summed E-state index contributed by atoms with van der Waals surface area (Å²) in [4.78, 5) is 0. The molecular formula is C18H20N2. The normalized spacial score (nSPS) is 24.6. The highest BCUT2D eigenvalue weighted by Crippen LogP contribution is 2.38. The minimum absolute atomic E-state index is 0.187. The molecule has 0 fully saturated rings. The van der Waals surface area contributed by atoms with Gasteiger partial charge in [0.05, 0.1) is 0 Å². The lowest BCUT2D eigenvalue weighted by atomic mass is 10.1. The number of hydrogen-bond acceptors (Lipinski definition) is 2. The van der Waals surface area contributed by atoms with Gasteiger partial charge in [-0.3, -0.25) is 0 Å². The molecule has 0 saturated heterocycles. The van der Waals surface area contributed by atoms with E-state index in [1.54, 1.807) is 0 Å². The molecule has 2 aromatic rings. The average Bonchev–Trinajstić information content (AvgIpc) is 3.01. The molecular weight excluding hydrogens is 244 g/mol. The zero-order valence-corrected chi connectivity index (χ0v) is 11.5. The van der Waals surface area contributed by atoms with Crippen LogP contribution in [0.15, 0.2) is 48.5 Å². The summed E-state index contributed by atoms with van der Waals surface area (Å²) in [5.74, 6) is 0. The van der Waals surface area contributed by atoms with Crippen molar-refractivity contribution in [2.24, 2.45) is 5.73 Å². The van der Waals surface area contributed by atoms with E-state index >= 15 is 0 Å². The summed E-state index contributed by atoms with van der Waals surface area (Å²) in [5.41, 5.74) is 12.0. The highest BCUT2D eigenvalue weighted by molar-refractivity contribution is 5.38. The van der Waals surface area contributed by atoms with Crippen molar-refractivity contribution in [3.63, 3.8) is 0 Å². The summed E-state index contributed by atoms with van der Waals surface area (Å²) in [6, 6.07) is 18.6. The number of benzene rings is 2. The quantitative estimate of drug-likeness (QED) is 0.875. The van der Waals surface area contributed by atoms with Gasteiger partial charge in [-0.1, -0.05) is 48.5 Å². The molecule has 102 valence electrons. The maximum absolute atomic E-state index is 6.26. The van der Waals surface area contributed by atoms with E-state index in [0.29, 0.717) is 12.1 Å². The highest BCUT2D eigenvalue weighted by Gasteiger charge is 2.31. The molecule has 2 nitrogen and oxygen atoms in total. The minimum atomic E-state index is 0.187. The number of nitrogens with one attached hydrogen (secondary N) is 1. The fourth-order valence-electron chi connectivity index (χ4n) is 3.79. The highest BCUT2D eigenvalue weighted by atomic mass is 15.0. The molecule has 2 unspecified atom stereocenters. The first kappa shape index (κ1) is 12.1. The molecule has 0 radical (unpaired) electrons. The minimum Gasteiger partial charge on any atom is -0.324 e. The Labute approximate surface area is 120 Å². The molecule has 0 aromatic heterocycles. The summed E-state index contributed by atoms with van der Waals surface area (Å²) >= 11 is 0. The van der Waals surface area contributed by atoms with E-state index in [9.17, 15) is 0 Å². The fraction of sp³-hybridized carbons (Fsp3) is 0.333. The van der Waals surface area contributed by atoms with Crippen LogP contribution in [0.25, 0.3) is 0 Å². The summed E-state index contributed by atoms with van der Waals surface area (Å²) in [7, 11) is 0. The van der Waals surface area contributed by atoms with Crippen LogP contribution in [0.2, 0.25) is 0 Å². The maximum atomic E-state index is 6.26. The van der Waals surface area contributed by atoms with Gasteiger partial charge in [0.2, 0.25) is 0 Å². The molecule has 0 spiro atoms. The van der Waals surface area contributed by atoms with Crippen LogP contribution in [0, 0.1) is 0 Å². The van der Waals surface area contributed by atoms with Crippen LogP contribution in [0.5, 0.6) is 0 Å². The Kier molecular flexibility index (Phi) is 2.86. The summed E-state index contributed by atoms with van der Waals surface area (Å²) in [5, 5.41) is 3.83. The second-order valence-electron chi connectivity index (χ2n) is 6.06. The van der Waals surface area contributed by atoms with Crippen molar-refractivity contribution in [2.75, 3.05) is 0 Å². The monoisotopic (exact) mass is 264 g/mol. The molecule has 0 heterocycles. The van der Waals surface area contributed by atoms with Crippen molar-refractivity contribution in [2.45, 2.75) is 37.4 Å². The number of fused-ring (bicyclic) bond motifs is 2. The van der Waals surface area contributed by atoms with Gasteiger partial charge < -0.3 is 11.1 Å². The Morgan fingerprint density at radius 3 is 2.15 bits per heavy atom. The van der Waals surface area contributed by atoms with Crippen LogP contribution < -0.4 is 11.1 Å². The topological polar surface area (TPSA) is 38.0 Å². The second-order valence-corrected chi connectivity index (χ2v) is 6.06. The molecule has 2 aliphatic rings. The molecule has 0 amide bonds. The van der Waals surface area contributed by atoms with Crippen molar-refractivity contribution in [3.05, 3.63) is 70.8 Å². The molecule has 2 heteroatoms.